The third-order valence-corrected chi connectivity index (χ3v) is 4.58. The molecule has 0 radical (unpaired) electrons. The van der Waals surface area contributed by atoms with Crippen molar-refractivity contribution in [2.45, 2.75) is 37.9 Å². The van der Waals surface area contributed by atoms with Gasteiger partial charge in [-0.05, 0) is 38.7 Å². The summed E-state index contributed by atoms with van der Waals surface area (Å²) >= 11 is 3.66. The topological polar surface area (TPSA) is 42.2 Å². The van der Waals surface area contributed by atoms with Gasteiger partial charge in [-0.2, -0.15) is 0 Å². The predicted octanol–water partition coefficient (Wildman–Crippen LogP) is 3.19. The molecule has 1 aliphatic rings. The van der Waals surface area contributed by atoms with Gasteiger partial charge in [-0.15, -0.1) is 0 Å². The van der Waals surface area contributed by atoms with Crippen molar-refractivity contribution in [3.8, 4) is 0 Å². The number of halogens is 1. The van der Waals surface area contributed by atoms with Crippen molar-refractivity contribution in [3.05, 3.63) is 23.2 Å². The zero-order chi connectivity index (χ0) is 12.4. The zero-order valence-corrected chi connectivity index (χ0v) is 11.8. The number of carbonyl (C=O) groups excluding carboxylic acids is 1. The van der Waals surface area contributed by atoms with Crippen molar-refractivity contribution in [2.75, 3.05) is 6.54 Å². The first-order chi connectivity index (χ1) is 8.08. The van der Waals surface area contributed by atoms with Crippen LogP contribution in [0.15, 0.2) is 10.5 Å². The second kappa shape index (κ2) is 5.25. The Labute approximate surface area is 110 Å². The molecule has 1 fully saturated rings. The summed E-state index contributed by atoms with van der Waals surface area (Å²) in [5, 5.41) is 3.00. The van der Waals surface area contributed by atoms with E-state index in [-0.39, 0.29) is 5.91 Å². The lowest BCUT2D eigenvalue weighted by Crippen LogP contribution is -2.31. The van der Waals surface area contributed by atoms with Crippen molar-refractivity contribution in [1.29, 1.82) is 0 Å². The van der Waals surface area contributed by atoms with Crippen molar-refractivity contribution >= 4 is 21.8 Å². The zero-order valence-electron chi connectivity index (χ0n) is 10.3. The Balaban J connectivity index is 1.91. The molecule has 3 nitrogen and oxygen atoms in total. The summed E-state index contributed by atoms with van der Waals surface area (Å²) in [5.74, 6) is 2.02. The molecule has 1 aliphatic carbocycles. The number of aryl methyl sites for hydroxylation is 2. The number of nitrogens with one attached hydrogen (secondary N) is 1. The molecule has 1 amide bonds. The van der Waals surface area contributed by atoms with Gasteiger partial charge in [0.2, 0.25) is 0 Å². The van der Waals surface area contributed by atoms with Crippen LogP contribution in [-0.2, 0) is 0 Å². The minimum Gasteiger partial charge on any atom is -0.466 e. The van der Waals surface area contributed by atoms with Gasteiger partial charge >= 0.3 is 0 Å². The molecule has 1 saturated carbocycles. The molecule has 1 aromatic rings. The summed E-state index contributed by atoms with van der Waals surface area (Å²) in [6, 6.07) is 1.80. The molecule has 94 valence electrons. The van der Waals surface area contributed by atoms with E-state index in [2.05, 4.69) is 21.2 Å². The quantitative estimate of drug-likeness (QED) is 0.871. The maximum atomic E-state index is 12.0. The Bertz CT molecular complexity index is 414. The molecule has 0 aliphatic heterocycles. The molecule has 4 heteroatoms. The molecule has 1 N–H and O–H groups in total. The number of hydrogen-bond donors (Lipinski definition) is 1. The van der Waals surface area contributed by atoms with Crippen molar-refractivity contribution in [3.63, 3.8) is 0 Å². The van der Waals surface area contributed by atoms with Gasteiger partial charge in [0.1, 0.15) is 11.5 Å². The minimum atomic E-state index is -0.0223. The Morgan fingerprint density at radius 3 is 2.82 bits per heavy atom. The van der Waals surface area contributed by atoms with Crippen LogP contribution in [0, 0.1) is 19.8 Å². The SMILES string of the molecule is Cc1cc(C(=O)NCC2CCCC2Br)c(C)o1. The second-order valence-electron chi connectivity index (χ2n) is 4.74. The average Bonchev–Trinajstić information content (AvgIpc) is 2.81. The third-order valence-electron chi connectivity index (χ3n) is 3.38. The highest BCUT2D eigenvalue weighted by Crippen LogP contribution is 2.30. The van der Waals surface area contributed by atoms with Crippen molar-refractivity contribution < 1.29 is 9.21 Å². The maximum absolute atomic E-state index is 12.0. The van der Waals surface area contributed by atoms with Crippen LogP contribution in [0.25, 0.3) is 0 Å². The molecule has 1 aromatic heterocycles. The van der Waals surface area contributed by atoms with E-state index >= 15 is 0 Å². The molecular weight excluding hydrogens is 282 g/mol. The van der Waals surface area contributed by atoms with E-state index in [9.17, 15) is 4.79 Å². The molecule has 2 atom stereocenters. The van der Waals surface area contributed by atoms with Crippen LogP contribution >= 0.6 is 15.9 Å². The van der Waals surface area contributed by atoms with E-state index in [0.717, 1.165) is 12.3 Å². The number of hydrogen-bond acceptors (Lipinski definition) is 2. The lowest BCUT2D eigenvalue weighted by Gasteiger charge is -2.14. The van der Waals surface area contributed by atoms with Crippen LogP contribution in [0.5, 0.6) is 0 Å². The van der Waals surface area contributed by atoms with Crippen molar-refractivity contribution in [1.82, 2.24) is 5.32 Å². The summed E-state index contributed by atoms with van der Waals surface area (Å²) in [5.41, 5.74) is 0.659. The fraction of sp³-hybridized carbons (Fsp3) is 0.615. The number of alkyl halides is 1. The molecule has 2 rings (SSSR count). The average molecular weight is 300 g/mol. The predicted molar refractivity (Wildman–Crippen MR) is 70.6 cm³/mol. The number of rotatable bonds is 3. The van der Waals surface area contributed by atoms with Gasteiger partial charge in [0.05, 0.1) is 5.56 Å². The highest BCUT2D eigenvalue weighted by atomic mass is 79.9. The first-order valence-electron chi connectivity index (χ1n) is 6.07. The van der Waals surface area contributed by atoms with E-state index in [1.165, 1.54) is 19.3 Å². The third kappa shape index (κ3) is 2.92. The summed E-state index contributed by atoms with van der Waals surface area (Å²) in [6.45, 7) is 4.43. The van der Waals surface area contributed by atoms with E-state index < -0.39 is 0 Å². The van der Waals surface area contributed by atoms with Gasteiger partial charge in [-0.25, -0.2) is 0 Å². The normalized spacial score (nSPS) is 23.9. The van der Waals surface area contributed by atoms with E-state index in [4.69, 9.17) is 4.42 Å². The van der Waals surface area contributed by atoms with Gasteiger partial charge < -0.3 is 9.73 Å². The maximum Gasteiger partial charge on any atom is 0.254 e. The standard InChI is InChI=1S/C13H18BrNO2/c1-8-6-11(9(2)17-8)13(16)15-7-10-4-3-5-12(10)14/h6,10,12H,3-5,7H2,1-2H3,(H,15,16). The molecule has 17 heavy (non-hydrogen) atoms. The molecule has 0 spiro atoms. The lowest BCUT2D eigenvalue weighted by molar-refractivity contribution is 0.0946. The summed E-state index contributed by atoms with van der Waals surface area (Å²) in [6.07, 6.45) is 3.66. The van der Waals surface area contributed by atoms with Gasteiger partial charge in [0.15, 0.2) is 0 Å². The first kappa shape index (κ1) is 12.7. The van der Waals surface area contributed by atoms with Gasteiger partial charge in [-0.3, -0.25) is 4.79 Å². The van der Waals surface area contributed by atoms with Crippen LogP contribution in [0.1, 0.15) is 41.1 Å². The van der Waals surface area contributed by atoms with Gasteiger partial charge in [-0.1, -0.05) is 22.4 Å². The molecule has 1 heterocycles. The van der Waals surface area contributed by atoms with Gasteiger partial charge in [0, 0.05) is 11.4 Å². The number of amides is 1. The lowest BCUT2D eigenvalue weighted by atomic mass is 10.1. The number of furan rings is 1. The fourth-order valence-electron chi connectivity index (χ4n) is 2.40. The monoisotopic (exact) mass is 299 g/mol. The van der Waals surface area contributed by atoms with E-state index in [0.29, 0.717) is 22.1 Å². The molecule has 2 unspecified atom stereocenters. The van der Waals surface area contributed by atoms with E-state index in [1.807, 2.05) is 13.8 Å². The van der Waals surface area contributed by atoms with E-state index in [1.54, 1.807) is 6.07 Å². The fourth-order valence-corrected chi connectivity index (χ4v) is 3.17. The second-order valence-corrected chi connectivity index (χ2v) is 5.92. The van der Waals surface area contributed by atoms with Crippen LogP contribution < -0.4 is 5.32 Å². The Hall–Kier alpha value is -0.770. The first-order valence-corrected chi connectivity index (χ1v) is 6.99. The van der Waals surface area contributed by atoms with Crippen LogP contribution in [-0.4, -0.2) is 17.3 Å². The highest BCUT2D eigenvalue weighted by molar-refractivity contribution is 9.09. The van der Waals surface area contributed by atoms with Crippen molar-refractivity contribution in [2.24, 2.45) is 5.92 Å². The largest absolute Gasteiger partial charge is 0.466 e. The van der Waals surface area contributed by atoms with Gasteiger partial charge in [0.25, 0.3) is 5.91 Å². The van der Waals surface area contributed by atoms with Crippen LogP contribution in [0.4, 0.5) is 0 Å². The summed E-state index contributed by atoms with van der Waals surface area (Å²) < 4.78 is 5.36. The Kier molecular flexibility index (Phi) is 3.92. The minimum absolute atomic E-state index is 0.0223. The Morgan fingerprint density at radius 2 is 2.29 bits per heavy atom. The van der Waals surface area contributed by atoms with Crippen LogP contribution in [0.2, 0.25) is 0 Å². The highest BCUT2D eigenvalue weighted by Gasteiger charge is 2.25. The molecule has 0 saturated heterocycles. The summed E-state index contributed by atoms with van der Waals surface area (Å²) in [4.78, 5) is 12.5. The molecular formula is C13H18BrNO2. The Morgan fingerprint density at radius 1 is 1.53 bits per heavy atom. The van der Waals surface area contributed by atoms with Crippen LogP contribution in [0.3, 0.4) is 0 Å². The summed E-state index contributed by atoms with van der Waals surface area (Å²) in [7, 11) is 0. The number of carbonyl (C=O) groups is 1. The molecule has 0 bridgehead atoms. The molecule has 0 aromatic carbocycles. The smallest absolute Gasteiger partial charge is 0.254 e.